The van der Waals surface area contributed by atoms with Crippen molar-refractivity contribution in [1.82, 2.24) is 0 Å². The Kier molecular flexibility index (Phi) is 14.3. The summed E-state index contributed by atoms with van der Waals surface area (Å²) in [5, 5.41) is 8.20. The van der Waals surface area contributed by atoms with E-state index in [9.17, 15) is 0 Å². The Morgan fingerprint density at radius 1 is 1.29 bits per heavy atom. The fourth-order valence-corrected chi connectivity index (χ4v) is 0.362. The van der Waals surface area contributed by atoms with Crippen molar-refractivity contribution < 1.29 is 5.11 Å². The summed E-state index contributed by atoms with van der Waals surface area (Å²) in [4.78, 5) is 0. The number of aliphatic hydroxyl groups excluding tert-OH is 1. The monoisotopic (exact) mass is 122 g/mol. The summed E-state index contributed by atoms with van der Waals surface area (Å²) in [6.07, 6.45) is 3.33. The van der Waals surface area contributed by atoms with Crippen LogP contribution in [0.3, 0.4) is 0 Å². The lowest BCUT2D eigenvalue weighted by Gasteiger charge is -1.85. The zero-order chi connectivity index (χ0) is 4.83. The van der Waals surface area contributed by atoms with Gasteiger partial charge in [0.15, 0.2) is 0 Å². The maximum absolute atomic E-state index is 8.20. The molecular formula is C5H15OP. The van der Waals surface area contributed by atoms with Gasteiger partial charge in [-0.05, 0) is 6.42 Å². The average molecular weight is 122 g/mol. The largest absolute Gasteiger partial charge is 0.396 e. The van der Waals surface area contributed by atoms with E-state index in [1.54, 1.807) is 0 Å². The fraction of sp³-hybridized carbons (Fsp3) is 1.00. The first-order valence-electron chi connectivity index (χ1n) is 2.52. The SMILES string of the molecule is CCCCCO.P. The van der Waals surface area contributed by atoms with Crippen LogP contribution in [-0.2, 0) is 0 Å². The second-order valence-corrected chi connectivity index (χ2v) is 1.43. The van der Waals surface area contributed by atoms with Crippen molar-refractivity contribution >= 4 is 9.90 Å². The molecule has 0 fully saturated rings. The summed E-state index contributed by atoms with van der Waals surface area (Å²) < 4.78 is 0. The molecule has 0 bridgehead atoms. The molecule has 0 heterocycles. The molecule has 0 saturated heterocycles. The summed E-state index contributed by atoms with van der Waals surface area (Å²) >= 11 is 0. The number of unbranched alkanes of at least 4 members (excludes halogenated alkanes) is 2. The molecule has 0 aromatic heterocycles. The first-order valence-corrected chi connectivity index (χ1v) is 2.52. The van der Waals surface area contributed by atoms with E-state index in [1.165, 1.54) is 6.42 Å². The Balaban J connectivity index is 0. The van der Waals surface area contributed by atoms with Gasteiger partial charge in [-0.3, -0.25) is 0 Å². The molecule has 7 heavy (non-hydrogen) atoms. The van der Waals surface area contributed by atoms with Gasteiger partial charge >= 0.3 is 0 Å². The maximum atomic E-state index is 8.20. The highest BCUT2D eigenvalue weighted by molar-refractivity contribution is 6.92. The van der Waals surface area contributed by atoms with Crippen molar-refractivity contribution in [2.45, 2.75) is 26.2 Å². The molecule has 46 valence electrons. The highest BCUT2D eigenvalue weighted by atomic mass is 31.0. The van der Waals surface area contributed by atoms with Crippen molar-refractivity contribution in [2.24, 2.45) is 0 Å². The minimum absolute atomic E-state index is 0. The van der Waals surface area contributed by atoms with Crippen LogP contribution in [0.15, 0.2) is 0 Å². The molecule has 0 aromatic carbocycles. The maximum Gasteiger partial charge on any atom is 0.0431 e. The number of aliphatic hydroxyl groups is 1. The highest BCUT2D eigenvalue weighted by Gasteiger charge is 1.76. The van der Waals surface area contributed by atoms with E-state index < -0.39 is 0 Å². The molecule has 1 nitrogen and oxygen atoms in total. The van der Waals surface area contributed by atoms with Crippen LogP contribution >= 0.6 is 9.90 Å². The first kappa shape index (κ1) is 10.4. The third-order valence-electron chi connectivity index (χ3n) is 0.762. The van der Waals surface area contributed by atoms with E-state index >= 15 is 0 Å². The minimum atomic E-state index is 0. The van der Waals surface area contributed by atoms with Crippen LogP contribution in [0.5, 0.6) is 0 Å². The molecule has 0 aliphatic carbocycles. The summed E-state index contributed by atoms with van der Waals surface area (Å²) in [6, 6.07) is 0. The highest BCUT2D eigenvalue weighted by Crippen LogP contribution is 1.89. The Morgan fingerprint density at radius 3 is 2.00 bits per heavy atom. The van der Waals surface area contributed by atoms with Crippen molar-refractivity contribution in [3.05, 3.63) is 0 Å². The average Bonchev–Trinajstić information content (AvgIpc) is 1.61. The summed E-state index contributed by atoms with van der Waals surface area (Å²) in [5.41, 5.74) is 0. The molecule has 1 atom stereocenters. The Morgan fingerprint density at radius 2 is 1.86 bits per heavy atom. The van der Waals surface area contributed by atoms with Crippen LogP contribution in [0.2, 0.25) is 0 Å². The number of hydrogen-bond acceptors (Lipinski definition) is 1. The van der Waals surface area contributed by atoms with Crippen molar-refractivity contribution in [3.63, 3.8) is 0 Å². The zero-order valence-corrected chi connectivity index (χ0v) is 6.40. The van der Waals surface area contributed by atoms with Gasteiger partial charge in [0.2, 0.25) is 0 Å². The molecule has 1 unspecified atom stereocenters. The van der Waals surface area contributed by atoms with E-state index in [0.717, 1.165) is 12.8 Å². The molecular weight excluding hydrogens is 107 g/mol. The summed E-state index contributed by atoms with van der Waals surface area (Å²) in [5.74, 6) is 0. The molecule has 0 amide bonds. The zero-order valence-electron chi connectivity index (χ0n) is 4.98. The van der Waals surface area contributed by atoms with Crippen molar-refractivity contribution in [3.8, 4) is 0 Å². The lowest BCUT2D eigenvalue weighted by Crippen LogP contribution is -1.78. The third kappa shape index (κ3) is 10.7. The van der Waals surface area contributed by atoms with Crippen LogP contribution in [0.1, 0.15) is 26.2 Å². The van der Waals surface area contributed by atoms with E-state index in [-0.39, 0.29) is 9.90 Å². The van der Waals surface area contributed by atoms with Gasteiger partial charge in [0, 0.05) is 6.61 Å². The molecule has 1 N–H and O–H groups in total. The Bertz CT molecular complexity index is 20.0. The van der Waals surface area contributed by atoms with Crippen molar-refractivity contribution in [1.29, 1.82) is 0 Å². The van der Waals surface area contributed by atoms with Crippen molar-refractivity contribution in [2.75, 3.05) is 6.61 Å². The number of rotatable bonds is 3. The normalized spacial score (nSPS) is 7.71. The van der Waals surface area contributed by atoms with E-state index in [4.69, 9.17) is 5.11 Å². The molecule has 0 spiro atoms. The Labute approximate surface area is 48.7 Å². The van der Waals surface area contributed by atoms with Gasteiger partial charge in [0.05, 0.1) is 0 Å². The fourth-order valence-electron chi connectivity index (χ4n) is 0.362. The van der Waals surface area contributed by atoms with Gasteiger partial charge in [-0.25, -0.2) is 0 Å². The lowest BCUT2D eigenvalue weighted by atomic mass is 10.3. The predicted octanol–water partition coefficient (Wildman–Crippen LogP) is 1.23. The van der Waals surface area contributed by atoms with E-state index in [1.807, 2.05) is 0 Å². The Hall–Kier alpha value is 0.390. The molecule has 2 heteroatoms. The predicted molar refractivity (Wildman–Crippen MR) is 37.7 cm³/mol. The molecule has 0 aromatic rings. The van der Waals surface area contributed by atoms with Gasteiger partial charge in [-0.1, -0.05) is 19.8 Å². The smallest absolute Gasteiger partial charge is 0.0431 e. The minimum Gasteiger partial charge on any atom is -0.396 e. The molecule has 0 radical (unpaired) electrons. The molecule has 0 rings (SSSR count). The molecule has 0 aliphatic heterocycles. The van der Waals surface area contributed by atoms with Crippen LogP contribution in [0, 0.1) is 0 Å². The van der Waals surface area contributed by atoms with E-state index in [2.05, 4.69) is 6.92 Å². The van der Waals surface area contributed by atoms with Gasteiger partial charge in [0.1, 0.15) is 0 Å². The van der Waals surface area contributed by atoms with Gasteiger partial charge < -0.3 is 5.11 Å². The van der Waals surface area contributed by atoms with Crippen LogP contribution in [0.4, 0.5) is 0 Å². The van der Waals surface area contributed by atoms with E-state index in [0.29, 0.717) is 6.61 Å². The van der Waals surface area contributed by atoms with Crippen LogP contribution in [-0.4, -0.2) is 11.7 Å². The van der Waals surface area contributed by atoms with Gasteiger partial charge in [-0.15, -0.1) is 0 Å². The standard InChI is InChI=1S/C5H12O.H3P/c1-2-3-4-5-6;/h6H,2-5H2,1H3;1H3. The topological polar surface area (TPSA) is 20.2 Å². The quantitative estimate of drug-likeness (QED) is 0.441. The lowest BCUT2D eigenvalue weighted by molar-refractivity contribution is 0.284. The third-order valence-corrected chi connectivity index (χ3v) is 0.762. The molecule has 0 aliphatic rings. The summed E-state index contributed by atoms with van der Waals surface area (Å²) in [6.45, 7) is 2.48. The second-order valence-electron chi connectivity index (χ2n) is 1.43. The summed E-state index contributed by atoms with van der Waals surface area (Å²) in [7, 11) is 0. The second kappa shape index (κ2) is 9.63. The number of hydrogen-bond donors (Lipinski definition) is 1. The van der Waals surface area contributed by atoms with Gasteiger partial charge in [0.25, 0.3) is 0 Å². The van der Waals surface area contributed by atoms with Crippen LogP contribution < -0.4 is 0 Å². The molecule has 0 saturated carbocycles. The van der Waals surface area contributed by atoms with Crippen LogP contribution in [0.25, 0.3) is 0 Å². The first-order chi connectivity index (χ1) is 2.91. The van der Waals surface area contributed by atoms with Gasteiger partial charge in [-0.2, -0.15) is 9.90 Å².